The average Bonchev–Trinajstić information content (AvgIpc) is 2.46. The monoisotopic (exact) mass is 350 g/mol. The van der Waals surface area contributed by atoms with Gasteiger partial charge >= 0.3 is 5.97 Å². The van der Waals surface area contributed by atoms with Gasteiger partial charge in [0.1, 0.15) is 0 Å². The molecular formula is C16H32NO5S+. The van der Waals surface area contributed by atoms with Crippen molar-refractivity contribution in [2.45, 2.75) is 52.9 Å². The molecule has 0 aromatic rings. The smallest absolute Gasteiger partial charge is 0.337 e. The van der Waals surface area contributed by atoms with E-state index in [0.29, 0.717) is 23.0 Å². The van der Waals surface area contributed by atoms with Crippen LogP contribution in [-0.4, -0.2) is 55.5 Å². The van der Waals surface area contributed by atoms with Gasteiger partial charge < -0.3 is 4.74 Å². The number of ether oxygens (including phenoxy) is 1. The first kappa shape index (κ1) is 22.1. The number of carbonyl (C=O) groups excluding carboxylic acids is 1. The first-order valence-corrected chi connectivity index (χ1v) is 9.89. The van der Waals surface area contributed by atoms with Crippen molar-refractivity contribution in [3.8, 4) is 0 Å². The van der Waals surface area contributed by atoms with Gasteiger partial charge in [0.05, 0.1) is 25.4 Å². The molecule has 0 bridgehead atoms. The Labute approximate surface area is 140 Å². The minimum absolute atomic E-state index is 0.219. The van der Waals surface area contributed by atoms with Crippen molar-refractivity contribution < 1.29 is 27.0 Å². The second-order valence-corrected chi connectivity index (χ2v) is 7.77. The lowest BCUT2D eigenvalue weighted by atomic mass is 10.2. The number of rotatable bonds is 13. The summed E-state index contributed by atoms with van der Waals surface area (Å²) in [4.78, 5) is 11.7. The first-order chi connectivity index (χ1) is 10.7. The maximum atomic E-state index is 11.7. The van der Waals surface area contributed by atoms with Crippen LogP contribution in [0.5, 0.6) is 0 Å². The van der Waals surface area contributed by atoms with Crippen LogP contribution >= 0.6 is 0 Å². The van der Waals surface area contributed by atoms with E-state index < -0.39 is 16.1 Å². The molecule has 0 aliphatic carbocycles. The van der Waals surface area contributed by atoms with Gasteiger partial charge in [0.15, 0.2) is 0 Å². The Bertz CT molecular complexity index is 465. The normalized spacial score (nSPS) is 12.2. The van der Waals surface area contributed by atoms with E-state index in [-0.39, 0.29) is 12.5 Å². The molecule has 6 nitrogen and oxygen atoms in total. The summed E-state index contributed by atoms with van der Waals surface area (Å²) < 4.78 is 36.7. The summed E-state index contributed by atoms with van der Waals surface area (Å²) in [5.74, 6) is -0.685. The second-order valence-electron chi connectivity index (χ2n) is 6.20. The minimum atomic E-state index is -3.96. The molecule has 0 unspecified atom stereocenters. The molecule has 0 heterocycles. The molecule has 0 fully saturated rings. The quantitative estimate of drug-likeness (QED) is 0.182. The fraction of sp³-hybridized carbons (Fsp3) is 0.812. The van der Waals surface area contributed by atoms with Gasteiger partial charge in [-0.15, -0.1) is 0 Å². The zero-order chi connectivity index (χ0) is 17.9. The van der Waals surface area contributed by atoms with Crippen molar-refractivity contribution >= 4 is 16.1 Å². The third-order valence-corrected chi connectivity index (χ3v) is 4.63. The van der Waals surface area contributed by atoms with E-state index in [1.807, 2.05) is 0 Å². The van der Waals surface area contributed by atoms with Gasteiger partial charge in [-0.3, -0.25) is 9.04 Å². The molecule has 7 heteroatoms. The van der Waals surface area contributed by atoms with Gasteiger partial charge in [-0.05, 0) is 19.8 Å². The highest BCUT2D eigenvalue weighted by molar-refractivity contribution is 7.85. The Kier molecular flexibility index (Phi) is 10.3. The van der Waals surface area contributed by atoms with E-state index in [0.717, 1.165) is 38.8 Å². The van der Waals surface area contributed by atoms with Crippen LogP contribution in [-0.2, 0) is 19.6 Å². The molecule has 0 aromatic heterocycles. The van der Waals surface area contributed by atoms with Crippen molar-refractivity contribution in [3.05, 3.63) is 12.2 Å². The third kappa shape index (κ3) is 10.5. The van der Waals surface area contributed by atoms with Gasteiger partial charge in [-0.1, -0.05) is 33.3 Å². The zero-order valence-corrected chi connectivity index (χ0v) is 15.5. The van der Waals surface area contributed by atoms with Gasteiger partial charge in [0.2, 0.25) is 6.73 Å². The lowest BCUT2D eigenvalue weighted by molar-refractivity contribution is -0.944. The summed E-state index contributed by atoms with van der Waals surface area (Å²) in [5, 5.41) is 0. The van der Waals surface area contributed by atoms with E-state index in [1.165, 1.54) is 0 Å². The Morgan fingerprint density at radius 2 is 1.57 bits per heavy atom. The summed E-state index contributed by atoms with van der Waals surface area (Å²) in [6, 6.07) is 0. The van der Waals surface area contributed by atoms with Crippen LogP contribution in [0.4, 0.5) is 0 Å². The fourth-order valence-electron chi connectivity index (χ4n) is 2.42. The van der Waals surface area contributed by atoms with Crippen molar-refractivity contribution in [3.63, 3.8) is 0 Å². The number of carbonyl (C=O) groups is 1. The van der Waals surface area contributed by atoms with E-state index in [1.54, 1.807) is 6.92 Å². The van der Waals surface area contributed by atoms with E-state index >= 15 is 0 Å². The van der Waals surface area contributed by atoms with Crippen LogP contribution in [0.1, 0.15) is 52.9 Å². The predicted octanol–water partition coefficient (Wildman–Crippen LogP) is 2.76. The van der Waals surface area contributed by atoms with E-state index in [9.17, 15) is 13.2 Å². The highest BCUT2D eigenvalue weighted by atomic mass is 32.2. The molecule has 0 saturated carbocycles. The standard InChI is InChI=1S/C16H31NO5S/c1-5-7-10-17(11-8-6-2,12-9-13-23(19,20)21)14-22-16(18)15(3)4/h3,5-14H2,1-2,4H3/p+1. The van der Waals surface area contributed by atoms with E-state index in [4.69, 9.17) is 9.29 Å². The molecule has 0 aromatic carbocycles. The first-order valence-electron chi connectivity index (χ1n) is 8.28. The molecule has 0 aliphatic heterocycles. The van der Waals surface area contributed by atoms with Crippen molar-refractivity contribution in [2.24, 2.45) is 0 Å². The van der Waals surface area contributed by atoms with Crippen molar-refractivity contribution in [1.82, 2.24) is 0 Å². The summed E-state index contributed by atoms with van der Waals surface area (Å²) in [5.41, 5.74) is 0.354. The van der Waals surface area contributed by atoms with Crippen molar-refractivity contribution in [1.29, 1.82) is 0 Å². The molecule has 0 rings (SSSR count). The Morgan fingerprint density at radius 3 is 1.96 bits per heavy atom. The lowest BCUT2D eigenvalue weighted by Crippen LogP contribution is -2.52. The summed E-state index contributed by atoms with van der Waals surface area (Å²) in [6.45, 7) is 11.8. The minimum Gasteiger partial charge on any atom is -0.412 e. The van der Waals surface area contributed by atoms with Crippen LogP contribution < -0.4 is 0 Å². The molecule has 0 atom stereocenters. The molecule has 136 valence electrons. The third-order valence-electron chi connectivity index (χ3n) is 3.82. The second kappa shape index (κ2) is 10.8. The lowest BCUT2D eigenvalue weighted by Gasteiger charge is -2.38. The van der Waals surface area contributed by atoms with Crippen LogP contribution in [0.2, 0.25) is 0 Å². The number of esters is 1. The molecule has 0 radical (unpaired) electrons. The maximum Gasteiger partial charge on any atom is 0.337 e. The molecule has 0 aliphatic rings. The number of nitrogens with zero attached hydrogens (tertiary/aromatic N) is 1. The predicted molar refractivity (Wildman–Crippen MR) is 91.5 cm³/mol. The Balaban J connectivity index is 4.98. The van der Waals surface area contributed by atoms with Gasteiger partial charge in [0.25, 0.3) is 10.1 Å². The maximum absolute atomic E-state index is 11.7. The van der Waals surface area contributed by atoms with Crippen LogP contribution in [0.15, 0.2) is 12.2 Å². The number of quaternary nitrogens is 1. The fourth-order valence-corrected chi connectivity index (χ4v) is 2.91. The summed E-state index contributed by atoms with van der Waals surface area (Å²) >= 11 is 0. The molecular weight excluding hydrogens is 318 g/mol. The average molecular weight is 351 g/mol. The molecule has 0 saturated heterocycles. The van der Waals surface area contributed by atoms with Gasteiger partial charge in [-0.2, -0.15) is 8.42 Å². The number of hydrogen-bond donors (Lipinski definition) is 1. The highest BCUT2D eigenvalue weighted by Crippen LogP contribution is 2.15. The highest BCUT2D eigenvalue weighted by Gasteiger charge is 2.28. The van der Waals surface area contributed by atoms with E-state index in [2.05, 4.69) is 20.4 Å². The molecule has 1 N–H and O–H groups in total. The van der Waals surface area contributed by atoms with Crippen molar-refractivity contribution in [2.75, 3.05) is 32.1 Å². The molecule has 23 heavy (non-hydrogen) atoms. The summed E-state index contributed by atoms with van der Waals surface area (Å²) in [6.07, 6.45) is 4.31. The Morgan fingerprint density at radius 1 is 1.09 bits per heavy atom. The largest absolute Gasteiger partial charge is 0.412 e. The zero-order valence-electron chi connectivity index (χ0n) is 14.7. The number of hydrogen-bond acceptors (Lipinski definition) is 4. The molecule has 0 amide bonds. The van der Waals surface area contributed by atoms with Gasteiger partial charge in [-0.25, -0.2) is 4.79 Å². The molecule has 0 spiro atoms. The topological polar surface area (TPSA) is 80.7 Å². The summed E-state index contributed by atoms with van der Waals surface area (Å²) in [7, 11) is -3.96. The van der Waals surface area contributed by atoms with Crippen LogP contribution in [0.25, 0.3) is 0 Å². The SMILES string of the molecule is C=C(C)C(=O)OC[N+](CCCC)(CCCC)CCCS(=O)(=O)O. The Hall–Kier alpha value is -0.920. The van der Waals surface area contributed by atoms with Gasteiger partial charge in [0, 0.05) is 12.0 Å². The van der Waals surface area contributed by atoms with Crippen LogP contribution in [0.3, 0.4) is 0 Å². The van der Waals surface area contributed by atoms with Crippen LogP contribution in [0, 0.1) is 0 Å². The number of unbranched alkanes of at least 4 members (excludes halogenated alkanes) is 2.